The minimum absolute atomic E-state index is 0.425. The summed E-state index contributed by atoms with van der Waals surface area (Å²) in [6.45, 7) is 9.00. The van der Waals surface area contributed by atoms with E-state index in [2.05, 4.69) is 25.7 Å². The highest BCUT2D eigenvalue weighted by Gasteiger charge is 2.40. The zero-order valence-electron chi connectivity index (χ0n) is 12.2. The summed E-state index contributed by atoms with van der Waals surface area (Å²) < 4.78 is 0. The van der Waals surface area contributed by atoms with Gasteiger partial charge in [0.15, 0.2) is 0 Å². The van der Waals surface area contributed by atoms with Gasteiger partial charge in [-0.25, -0.2) is 4.98 Å². The van der Waals surface area contributed by atoms with Crippen molar-refractivity contribution in [1.82, 2.24) is 9.88 Å². The summed E-state index contributed by atoms with van der Waals surface area (Å²) in [5.41, 5.74) is 7.60. The van der Waals surface area contributed by atoms with Gasteiger partial charge in [-0.05, 0) is 45.4 Å². The summed E-state index contributed by atoms with van der Waals surface area (Å²) in [6, 6.07) is 0.872. The normalized spacial score (nSPS) is 33.4. The fraction of sp³-hybridized carbons (Fsp3) is 0.800. The van der Waals surface area contributed by atoms with E-state index in [9.17, 15) is 0 Å². The summed E-state index contributed by atoms with van der Waals surface area (Å²) >= 11 is 1.82. The Hall–Kier alpha value is -0.450. The van der Waals surface area contributed by atoms with E-state index in [0.717, 1.165) is 11.8 Å². The lowest BCUT2D eigenvalue weighted by atomic mass is 9.78. The summed E-state index contributed by atoms with van der Waals surface area (Å²) in [5, 5.41) is 1.19. The van der Waals surface area contributed by atoms with Gasteiger partial charge < -0.3 is 5.73 Å². The van der Waals surface area contributed by atoms with Crippen molar-refractivity contribution in [2.75, 3.05) is 13.1 Å². The second-order valence-electron chi connectivity index (χ2n) is 6.32. The molecule has 4 heteroatoms. The van der Waals surface area contributed by atoms with Crippen LogP contribution in [-0.4, -0.2) is 29.0 Å². The average Bonchev–Trinajstić information content (AvgIpc) is 2.93. The lowest BCUT2D eigenvalue weighted by Gasteiger charge is -2.30. The zero-order chi connectivity index (χ0) is 13.6. The first kappa shape index (κ1) is 13.5. The second-order valence-corrected chi connectivity index (χ2v) is 7.73. The Kier molecular flexibility index (Phi) is 3.67. The molecule has 0 aromatic carbocycles. The molecular weight excluding hydrogens is 254 g/mol. The van der Waals surface area contributed by atoms with Crippen LogP contribution in [0.25, 0.3) is 0 Å². The number of hydrogen-bond acceptors (Lipinski definition) is 4. The highest BCUT2D eigenvalue weighted by atomic mass is 32.1. The number of nitrogens with two attached hydrogens (primary N) is 1. The summed E-state index contributed by atoms with van der Waals surface area (Å²) in [7, 11) is 0. The Morgan fingerprint density at radius 2 is 2.11 bits per heavy atom. The van der Waals surface area contributed by atoms with Crippen LogP contribution in [0, 0.1) is 25.7 Å². The van der Waals surface area contributed by atoms with E-state index < -0.39 is 0 Å². The molecule has 106 valence electrons. The SMILES string of the molecule is Cc1nc(C(C)N2CC3CCCC(N)C3C2)c(C)s1. The molecule has 1 aromatic heterocycles. The van der Waals surface area contributed by atoms with E-state index in [-0.39, 0.29) is 0 Å². The Balaban J connectivity index is 1.75. The standard InChI is InChI=1S/C15H25N3S/c1-9(15-10(2)19-11(3)17-15)18-7-12-5-4-6-14(16)13(12)8-18/h9,12-14H,4-8,16H2,1-3H3. The minimum Gasteiger partial charge on any atom is -0.327 e. The van der Waals surface area contributed by atoms with Crippen molar-refractivity contribution in [2.45, 2.75) is 52.1 Å². The Labute approximate surface area is 120 Å². The van der Waals surface area contributed by atoms with Crippen molar-refractivity contribution in [2.24, 2.45) is 17.6 Å². The zero-order valence-corrected chi connectivity index (χ0v) is 13.0. The second kappa shape index (κ2) is 5.15. The number of nitrogens with zero attached hydrogens (tertiary/aromatic N) is 2. The van der Waals surface area contributed by atoms with Gasteiger partial charge in [0.2, 0.25) is 0 Å². The van der Waals surface area contributed by atoms with E-state index >= 15 is 0 Å². The maximum Gasteiger partial charge on any atom is 0.0900 e. The molecule has 3 rings (SSSR count). The molecule has 3 nitrogen and oxygen atoms in total. The largest absolute Gasteiger partial charge is 0.327 e. The Bertz CT molecular complexity index is 456. The van der Waals surface area contributed by atoms with E-state index in [1.165, 1.54) is 47.9 Å². The molecule has 4 unspecified atom stereocenters. The molecule has 0 amide bonds. The maximum absolute atomic E-state index is 6.31. The third-order valence-electron chi connectivity index (χ3n) is 5.07. The molecule has 1 saturated carbocycles. The van der Waals surface area contributed by atoms with Gasteiger partial charge in [-0.1, -0.05) is 6.42 Å². The predicted octanol–water partition coefficient (Wildman–Crippen LogP) is 2.88. The van der Waals surface area contributed by atoms with Gasteiger partial charge in [0, 0.05) is 24.0 Å². The van der Waals surface area contributed by atoms with Gasteiger partial charge in [-0.3, -0.25) is 4.90 Å². The molecule has 2 heterocycles. The van der Waals surface area contributed by atoms with Crippen molar-refractivity contribution >= 4 is 11.3 Å². The Morgan fingerprint density at radius 1 is 1.32 bits per heavy atom. The van der Waals surface area contributed by atoms with Crippen molar-refractivity contribution in [1.29, 1.82) is 0 Å². The van der Waals surface area contributed by atoms with Crippen molar-refractivity contribution in [3.63, 3.8) is 0 Å². The molecule has 2 aliphatic rings. The first-order valence-electron chi connectivity index (χ1n) is 7.50. The number of fused-ring (bicyclic) bond motifs is 1. The predicted molar refractivity (Wildman–Crippen MR) is 80.4 cm³/mol. The molecule has 19 heavy (non-hydrogen) atoms. The van der Waals surface area contributed by atoms with Crippen LogP contribution in [0.3, 0.4) is 0 Å². The molecule has 1 aliphatic carbocycles. The number of hydrogen-bond donors (Lipinski definition) is 1. The van der Waals surface area contributed by atoms with E-state index in [0.29, 0.717) is 12.1 Å². The minimum atomic E-state index is 0.425. The van der Waals surface area contributed by atoms with Gasteiger partial charge in [0.05, 0.1) is 16.7 Å². The molecule has 2 fully saturated rings. The molecule has 0 radical (unpaired) electrons. The molecule has 0 bridgehead atoms. The number of likely N-dealkylation sites (tertiary alicyclic amines) is 1. The fourth-order valence-corrected chi connectivity index (χ4v) is 4.88. The first-order valence-corrected chi connectivity index (χ1v) is 8.31. The van der Waals surface area contributed by atoms with Crippen LogP contribution in [-0.2, 0) is 0 Å². The van der Waals surface area contributed by atoms with E-state index in [4.69, 9.17) is 10.7 Å². The monoisotopic (exact) mass is 279 g/mol. The smallest absolute Gasteiger partial charge is 0.0900 e. The molecule has 4 atom stereocenters. The van der Waals surface area contributed by atoms with Gasteiger partial charge in [0.25, 0.3) is 0 Å². The molecule has 2 N–H and O–H groups in total. The summed E-state index contributed by atoms with van der Waals surface area (Å²) in [5.74, 6) is 1.54. The molecular formula is C15H25N3S. The van der Waals surface area contributed by atoms with Gasteiger partial charge in [0.1, 0.15) is 0 Å². The summed E-state index contributed by atoms with van der Waals surface area (Å²) in [6.07, 6.45) is 3.91. The molecule has 1 aromatic rings. The van der Waals surface area contributed by atoms with Crippen LogP contribution >= 0.6 is 11.3 Å². The number of thiazole rings is 1. The molecule has 1 aliphatic heterocycles. The Morgan fingerprint density at radius 3 is 2.74 bits per heavy atom. The first-order chi connectivity index (χ1) is 9.06. The van der Waals surface area contributed by atoms with Crippen LogP contribution in [0.2, 0.25) is 0 Å². The van der Waals surface area contributed by atoms with Crippen LogP contribution in [0.4, 0.5) is 0 Å². The van der Waals surface area contributed by atoms with Gasteiger partial charge >= 0.3 is 0 Å². The quantitative estimate of drug-likeness (QED) is 0.905. The lowest BCUT2D eigenvalue weighted by Crippen LogP contribution is -2.38. The van der Waals surface area contributed by atoms with E-state index in [1.54, 1.807) is 0 Å². The van der Waals surface area contributed by atoms with Crippen LogP contribution in [0.15, 0.2) is 0 Å². The van der Waals surface area contributed by atoms with Crippen LogP contribution in [0.1, 0.15) is 47.8 Å². The van der Waals surface area contributed by atoms with E-state index in [1.807, 2.05) is 11.3 Å². The van der Waals surface area contributed by atoms with Crippen LogP contribution < -0.4 is 5.73 Å². The molecule has 1 saturated heterocycles. The van der Waals surface area contributed by atoms with Crippen molar-refractivity contribution in [3.05, 3.63) is 15.6 Å². The lowest BCUT2D eigenvalue weighted by molar-refractivity contribution is 0.241. The number of aryl methyl sites for hydroxylation is 2. The highest BCUT2D eigenvalue weighted by Crippen LogP contribution is 2.39. The fourth-order valence-electron chi connectivity index (χ4n) is 3.97. The van der Waals surface area contributed by atoms with Gasteiger partial charge in [-0.15, -0.1) is 11.3 Å². The van der Waals surface area contributed by atoms with Crippen molar-refractivity contribution in [3.8, 4) is 0 Å². The number of aromatic nitrogens is 1. The summed E-state index contributed by atoms with van der Waals surface area (Å²) in [4.78, 5) is 8.73. The number of rotatable bonds is 2. The average molecular weight is 279 g/mol. The highest BCUT2D eigenvalue weighted by molar-refractivity contribution is 7.11. The van der Waals surface area contributed by atoms with Crippen LogP contribution in [0.5, 0.6) is 0 Å². The third-order valence-corrected chi connectivity index (χ3v) is 5.97. The maximum atomic E-state index is 6.31. The third kappa shape index (κ3) is 2.46. The molecule has 0 spiro atoms. The van der Waals surface area contributed by atoms with Gasteiger partial charge in [-0.2, -0.15) is 0 Å². The topological polar surface area (TPSA) is 42.2 Å². The van der Waals surface area contributed by atoms with Crippen molar-refractivity contribution < 1.29 is 0 Å².